The molecule has 0 spiro atoms. The molecule has 0 fully saturated rings. The number of benzene rings is 1. The lowest BCUT2D eigenvalue weighted by molar-refractivity contribution is -0.127. The minimum Gasteiger partial charge on any atom is -0.492 e. The van der Waals surface area contributed by atoms with E-state index in [0.717, 1.165) is 15.8 Å². The van der Waals surface area contributed by atoms with Crippen molar-refractivity contribution in [3.63, 3.8) is 0 Å². The van der Waals surface area contributed by atoms with E-state index in [0.29, 0.717) is 24.3 Å². The highest BCUT2D eigenvalue weighted by molar-refractivity contribution is 9.10. The van der Waals surface area contributed by atoms with Crippen molar-refractivity contribution >= 4 is 33.6 Å². The number of amides is 1. The van der Waals surface area contributed by atoms with Crippen LogP contribution in [0.2, 0.25) is 0 Å². The first-order valence-corrected chi connectivity index (χ1v) is 9.89. The Hall–Kier alpha value is -2.39. The van der Waals surface area contributed by atoms with Crippen molar-refractivity contribution in [3.8, 4) is 17.2 Å². The number of hydrogen-bond acceptors (Lipinski definition) is 7. The van der Waals surface area contributed by atoms with Crippen molar-refractivity contribution in [2.75, 3.05) is 26.0 Å². The van der Waals surface area contributed by atoms with Gasteiger partial charge in [0.25, 0.3) is 5.22 Å². The maximum atomic E-state index is 12.2. The Bertz CT molecular complexity index is 874. The average Bonchev–Trinajstić information content (AvgIpc) is 3.17. The van der Waals surface area contributed by atoms with Crippen LogP contribution in [0.4, 0.5) is 0 Å². The Labute approximate surface area is 169 Å². The molecular formula is C18H17BrN4O3S. The number of ether oxygens (including phenoxy) is 1. The smallest absolute Gasteiger partial charge is 0.277 e. The maximum absolute atomic E-state index is 12.2. The minimum absolute atomic E-state index is 0.0412. The zero-order valence-corrected chi connectivity index (χ0v) is 16.9. The van der Waals surface area contributed by atoms with E-state index in [9.17, 15) is 4.79 Å². The van der Waals surface area contributed by atoms with Gasteiger partial charge in [0, 0.05) is 23.9 Å². The van der Waals surface area contributed by atoms with Gasteiger partial charge in [-0.1, -0.05) is 27.7 Å². The summed E-state index contributed by atoms with van der Waals surface area (Å²) in [5, 5.41) is 8.27. The normalized spacial score (nSPS) is 10.6. The molecule has 0 atom stereocenters. The zero-order valence-electron chi connectivity index (χ0n) is 14.5. The summed E-state index contributed by atoms with van der Waals surface area (Å²) in [5.41, 5.74) is 0.741. The van der Waals surface area contributed by atoms with Crippen molar-refractivity contribution in [1.82, 2.24) is 20.1 Å². The van der Waals surface area contributed by atoms with E-state index < -0.39 is 0 Å². The number of rotatable bonds is 8. The van der Waals surface area contributed by atoms with Gasteiger partial charge in [-0.15, -0.1) is 10.2 Å². The molecule has 1 amide bonds. The fraction of sp³-hybridized carbons (Fsp3) is 0.222. The van der Waals surface area contributed by atoms with Gasteiger partial charge in [-0.05, 0) is 36.4 Å². The van der Waals surface area contributed by atoms with Crippen LogP contribution in [-0.4, -0.2) is 51.9 Å². The third kappa shape index (κ3) is 5.80. The SMILES string of the molecule is CN(CCOc1ccc(Br)cc1)C(=O)CSc1nnc(-c2cccnc2)o1. The van der Waals surface area contributed by atoms with Crippen LogP contribution in [0.25, 0.3) is 11.5 Å². The molecule has 2 heterocycles. The molecule has 1 aromatic carbocycles. The number of carbonyl (C=O) groups is 1. The second-order valence-corrected chi connectivity index (χ2v) is 7.36. The molecule has 0 aliphatic carbocycles. The average molecular weight is 449 g/mol. The van der Waals surface area contributed by atoms with E-state index in [1.54, 1.807) is 30.4 Å². The number of hydrogen-bond donors (Lipinski definition) is 0. The second-order valence-electron chi connectivity index (χ2n) is 5.52. The molecule has 140 valence electrons. The number of carbonyl (C=O) groups excluding carboxylic acids is 1. The van der Waals surface area contributed by atoms with Crippen LogP contribution in [-0.2, 0) is 4.79 Å². The quantitative estimate of drug-likeness (QED) is 0.487. The summed E-state index contributed by atoms with van der Waals surface area (Å²) >= 11 is 4.58. The summed E-state index contributed by atoms with van der Waals surface area (Å²) in [5.74, 6) is 1.32. The monoisotopic (exact) mass is 448 g/mol. The molecular weight excluding hydrogens is 432 g/mol. The first-order valence-electron chi connectivity index (χ1n) is 8.11. The van der Waals surface area contributed by atoms with Gasteiger partial charge in [0.15, 0.2) is 0 Å². The van der Waals surface area contributed by atoms with Crippen LogP contribution < -0.4 is 4.74 Å². The standard InChI is InChI=1S/C18H17BrN4O3S/c1-23(9-10-25-15-6-4-14(19)5-7-15)16(24)12-27-18-22-21-17(26-18)13-3-2-8-20-11-13/h2-8,11H,9-10,12H2,1H3. The fourth-order valence-electron chi connectivity index (χ4n) is 2.06. The van der Waals surface area contributed by atoms with Gasteiger partial charge in [0.2, 0.25) is 11.8 Å². The fourth-order valence-corrected chi connectivity index (χ4v) is 3.03. The van der Waals surface area contributed by atoms with Crippen LogP contribution in [0.15, 0.2) is 62.9 Å². The lowest BCUT2D eigenvalue weighted by Crippen LogP contribution is -2.32. The van der Waals surface area contributed by atoms with Gasteiger partial charge in [0.05, 0.1) is 17.9 Å². The van der Waals surface area contributed by atoms with Crippen LogP contribution >= 0.6 is 27.7 Å². The van der Waals surface area contributed by atoms with E-state index >= 15 is 0 Å². The predicted molar refractivity (Wildman–Crippen MR) is 106 cm³/mol. The summed E-state index contributed by atoms with van der Waals surface area (Å²) in [6.07, 6.45) is 3.32. The highest BCUT2D eigenvalue weighted by Gasteiger charge is 2.14. The first kappa shape index (κ1) is 19.4. The van der Waals surface area contributed by atoms with Crippen LogP contribution in [0.5, 0.6) is 5.75 Å². The minimum atomic E-state index is -0.0412. The van der Waals surface area contributed by atoms with E-state index in [2.05, 4.69) is 31.1 Å². The third-order valence-corrected chi connectivity index (χ3v) is 4.90. The van der Waals surface area contributed by atoms with Crippen molar-refractivity contribution < 1.29 is 13.9 Å². The largest absolute Gasteiger partial charge is 0.492 e. The summed E-state index contributed by atoms with van der Waals surface area (Å²) < 4.78 is 12.2. The van der Waals surface area contributed by atoms with Gasteiger partial charge in [-0.3, -0.25) is 9.78 Å². The highest BCUT2D eigenvalue weighted by Crippen LogP contribution is 2.22. The second kappa shape index (κ2) is 9.52. The van der Waals surface area contributed by atoms with E-state index in [1.807, 2.05) is 30.3 Å². The summed E-state index contributed by atoms with van der Waals surface area (Å²) in [6, 6.07) is 11.2. The van der Waals surface area contributed by atoms with Crippen LogP contribution in [0.3, 0.4) is 0 Å². The molecule has 0 radical (unpaired) electrons. The summed E-state index contributed by atoms with van der Waals surface area (Å²) in [4.78, 5) is 17.9. The number of pyridine rings is 1. The van der Waals surface area contributed by atoms with E-state index in [4.69, 9.17) is 9.15 Å². The van der Waals surface area contributed by atoms with Crippen molar-refractivity contribution in [1.29, 1.82) is 0 Å². The Morgan fingerprint density at radius 3 is 2.81 bits per heavy atom. The molecule has 0 bridgehead atoms. The molecule has 7 nitrogen and oxygen atoms in total. The summed E-state index contributed by atoms with van der Waals surface area (Å²) in [7, 11) is 1.74. The Balaban J connectivity index is 1.42. The predicted octanol–water partition coefficient (Wildman–Crippen LogP) is 3.52. The van der Waals surface area contributed by atoms with Crippen LogP contribution in [0, 0.1) is 0 Å². The lowest BCUT2D eigenvalue weighted by atomic mass is 10.3. The number of aromatic nitrogens is 3. The molecule has 3 aromatic rings. The number of halogens is 1. The van der Waals surface area contributed by atoms with Crippen molar-refractivity contribution in [2.24, 2.45) is 0 Å². The van der Waals surface area contributed by atoms with Crippen molar-refractivity contribution in [3.05, 3.63) is 53.3 Å². The molecule has 0 aliphatic heterocycles. The van der Waals surface area contributed by atoms with E-state index in [1.165, 1.54) is 11.8 Å². The molecule has 0 saturated carbocycles. The Morgan fingerprint density at radius 1 is 1.26 bits per heavy atom. The van der Waals surface area contributed by atoms with Gasteiger partial charge >= 0.3 is 0 Å². The zero-order chi connectivity index (χ0) is 19.1. The number of likely N-dealkylation sites (N-methyl/N-ethyl adjacent to an activating group) is 1. The van der Waals surface area contributed by atoms with Gasteiger partial charge < -0.3 is 14.1 Å². The molecule has 0 aliphatic rings. The van der Waals surface area contributed by atoms with E-state index in [-0.39, 0.29) is 11.7 Å². The Morgan fingerprint density at radius 2 is 2.07 bits per heavy atom. The number of nitrogens with zero attached hydrogens (tertiary/aromatic N) is 4. The number of thioether (sulfide) groups is 1. The molecule has 0 N–H and O–H groups in total. The molecule has 2 aromatic heterocycles. The van der Waals surface area contributed by atoms with Crippen LogP contribution in [0.1, 0.15) is 0 Å². The Kier molecular flexibility index (Phi) is 6.83. The third-order valence-electron chi connectivity index (χ3n) is 3.57. The van der Waals surface area contributed by atoms with Crippen molar-refractivity contribution in [2.45, 2.75) is 5.22 Å². The maximum Gasteiger partial charge on any atom is 0.277 e. The van der Waals surface area contributed by atoms with Gasteiger partial charge in [0.1, 0.15) is 12.4 Å². The molecule has 3 rings (SSSR count). The molecule has 9 heteroatoms. The van der Waals surface area contributed by atoms with Gasteiger partial charge in [-0.2, -0.15) is 0 Å². The lowest BCUT2D eigenvalue weighted by Gasteiger charge is -2.16. The molecule has 27 heavy (non-hydrogen) atoms. The first-order chi connectivity index (χ1) is 13.1. The molecule has 0 unspecified atom stereocenters. The highest BCUT2D eigenvalue weighted by atomic mass is 79.9. The topological polar surface area (TPSA) is 81.4 Å². The molecule has 0 saturated heterocycles. The van der Waals surface area contributed by atoms with Gasteiger partial charge in [-0.25, -0.2) is 0 Å². The summed E-state index contributed by atoms with van der Waals surface area (Å²) in [6.45, 7) is 0.903.